The molecule has 1 aromatic carbocycles. The first-order valence-electron chi connectivity index (χ1n) is 10.4. The zero-order chi connectivity index (χ0) is 21.4. The average molecular weight is 409 g/mol. The topological polar surface area (TPSA) is 107 Å². The first kappa shape index (κ1) is 20.1. The molecule has 3 atom stereocenters. The van der Waals surface area contributed by atoms with E-state index in [0.717, 1.165) is 25.1 Å². The van der Waals surface area contributed by atoms with Gasteiger partial charge in [-0.25, -0.2) is 0 Å². The quantitative estimate of drug-likeness (QED) is 0.722. The van der Waals surface area contributed by atoms with Crippen LogP contribution >= 0.6 is 0 Å². The smallest absolute Gasteiger partial charge is 0.258 e. The molecule has 8 nitrogen and oxygen atoms in total. The van der Waals surface area contributed by atoms with Crippen molar-refractivity contribution in [2.75, 3.05) is 28.6 Å². The van der Waals surface area contributed by atoms with Crippen LogP contribution in [-0.2, 0) is 9.59 Å². The molecule has 0 radical (unpaired) electrons. The molecular weight excluding hydrogens is 382 g/mol. The lowest BCUT2D eigenvalue weighted by Gasteiger charge is -2.35. The van der Waals surface area contributed by atoms with Gasteiger partial charge in [-0.3, -0.25) is 19.4 Å². The number of hydrogen-bond acceptors (Lipinski definition) is 5. The van der Waals surface area contributed by atoms with Gasteiger partial charge in [0.25, 0.3) is 5.56 Å². The Hall–Kier alpha value is -3.16. The van der Waals surface area contributed by atoms with E-state index in [1.165, 1.54) is 0 Å². The predicted molar refractivity (Wildman–Crippen MR) is 116 cm³/mol. The summed E-state index contributed by atoms with van der Waals surface area (Å²) in [7, 11) is 0. The number of carbonyl (C=O) groups excluding carboxylic acids is 2. The van der Waals surface area contributed by atoms with E-state index in [1.807, 2.05) is 30.0 Å². The molecule has 0 bridgehead atoms. The van der Waals surface area contributed by atoms with Gasteiger partial charge in [-0.2, -0.15) is 4.98 Å². The molecule has 3 N–H and O–H groups in total. The summed E-state index contributed by atoms with van der Waals surface area (Å²) in [6.45, 7) is 7.85. The highest BCUT2D eigenvalue weighted by Gasteiger charge is 2.35. The summed E-state index contributed by atoms with van der Waals surface area (Å²) >= 11 is 0. The van der Waals surface area contributed by atoms with E-state index in [4.69, 9.17) is 0 Å². The average Bonchev–Trinajstić information content (AvgIpc) is 2.66. The van der Waals surface area contributed by atoms with Crippen molar-refractivity contribution in [2.45, 2.75) is 39.5 Å². The maximum absolute atomic E-state index is 13.0. The third kappa shape index (κ3) is 4.08. The molecule has 1 aromatic heterocycles. The standard InChI is InChI=1S/C22H27N5O3/c1-12-5-4-6-15(8-12)23-20(29)16-9-17(28)24-19-18(16)21(30)26-22(25-19)27-10-13(2)7-14(3)11-27/h4-6,8,13-14,16H,7,9-11H2,1-3H3,(H,23,29)(H2,24,25,26,28,30). The zero-order valence-electron chi connectivity index (χ0n) is 17.5. The van der Waals surface area contributed by atoms with Crippen molar-refractivity contribution in [2.24, 2.45) is 11.8 Å². The first-order chi connectivity index (χ1) is 14.3. The molecule has 2 aromatic rings. The number of H-pyrrole nitrogens is 1. The first-order valence-corrected chi connectivity index (χ1v) is 10.4. The molecular formula is C22H27N5O3. The van der Waals surface area contributed by atoms with Crippen molar-refractivity contribution in [1.82, 2.24) is 9.97 Å². The molecule has 158 valence electrons. The number of hydrogen-bond donors (Lipinski definition) is 3. The Morgan fingerprint density at radius 1 is 1.20 bits per heavy atom. The highest BCUT2D eigenvalue weighted by Crippen LogP contribution is 2.31. The van der Waals surface area contributed by atoms with Gasteiger partial charge in [0, 0.05) is 25.2 Å². The monoisotopic (exact) mass is 409 g/mol. The van der Waals surface area contributed by atoms with Gasteiger partial charge in [0.15, 0.2) is 0 Å². The summed E-state index contributed by atoms with van der Waals surface area (Å²) in [5.74, 6) is -0.0143. The molecule has 2 aliphatic rings. The summed E-state index contributed by atoms with van der Waals surface area (Å²) in [5, 5.41) is 5.50. The molecule has 30 heavy (non-hydrogen) atoms. The maximum Gasteiger partial charge on any atom is 0.258 e. The molecule has 4 rings (SSSR count). The number of nitrogens with zero attached hydrogens (tertiary/aromatic N) is 2. The number of carbonyl (C=O) groups is 2. The number of rotatable bonds is 3. The summed E-state index contributed by atoms with van der Waals surface area (Å²) in [4.78, 5) is 47.6. The number of anilines is 3. The number of nitrogens with one attached hydrogen (secondary N) is 3. The van der Waals surface area contributed by atoms with Gasteiger partial charge in [0.2, 0.25) is 17.8 Å². The molecule has 0 spiro atoms. The highest BCUT2D eigenvalue weighted by molar-refractivity contribution is 6.04. The van der Waals surface area contributed by atoms with Crippen molar-refractivity contribution in [3.05, 3.63) is 45.7 Å². The van der Waals surface area contributed by atoms with E-state index in [2.05, 4.69) is 34.4 Å². The number of aromatic amines is 1. The molecule has 1 fully saturated rings. The van der Waals surface area contributed by atoms with E-state index in [9.17, 15) is 14.4 Å². The fourth-order valence-corrected chi connectivity index (χ4v) is 4.52. The van der Waals surface area contributed by atoms with Crippen molar-refractivity contribution in [1.29, 1.82) is 0 Å². The Balaban J connectivity index is 1.65. The number of amides is 2. The molecule has 3 unspecified atom stereocenters. The van der Waals surface area contributed by atoms with Crippen molar-refractivity contribution >= 4 is 29.3 Å². The van der Waals surface area contributed by atoms with Crippen molar-refractivity contribution < 1.29 is 9.59 Å². The van der Waals surface area contributed by atoms with Gasteiger partial charge in [-0.05, 0) is 42.9 Å². The van der Waals surface area contributed by atoms with E-state index in [-0.39, 0.29) is 29.3 Å². The Morgan fingerprint density at radius 3 is 2.63 bits per heavy atom. The maximum atomic E-state index is 13.0. The Morgan fingerprint density at radius 2 is 1.93 bits per heavy atom. The van der Waals surface area contributed by atoms with Gasteiger partial charge in [-0.15, -0.1) is 0 Å². The van der Waals surface area contributed by atoms with Crippen LogP contribution in [0, 0.1) is 18.8 Å². The van der Waals surface area contributed by atoms with Crippen LogP contribution in [0.3, 0.4) is 0 Å². The zero-order valence-corrected chi connectivity index (χ0v) is 17.5. The van der Waals surface area contributed by atoms with Crippen LogP contribution in [0.4, 0.5) is 17.5 Å². The minimum absolute atomic E-state index is 0.0907. The minimum atomic E-state index is -0.890. The molecule has 2 aliphatic heterocycles. The Kier molecular flexibility index (Phi) is 5.32. The van der Waals surface area contributed by atoms with Gasteiger partial charge in [-0.1, -0.05) is 26.0 Å². The van der Waals surface area contributed by atoms with Crippen LogP contribution in [0.15, 0.2) is 29.1 Å². The van der Waals surface area contributed by atoms with E-state index in [0.29, 0.717) is 23.5 Å². The van der Waals surface area contributed by atoms with E-state index in [1.54, 1.807) is 6.07 Å². The molecule has 2 amide bonds. The largest absolute Gasteiger partial charge is 0.342 e. The molecule has 8 heteroatoms. The fraction of sp³-hybridized carbons (Fsp3) is 0.455. The number of piperidine rings is 1. The second-order valence-electron chi connectivity index (χ2n) is 8.67. The van der Waals surface area contributed by atoms with Crippen molar-refractivity contribution in [3.63, 3.8) is 0 Å². The highest BCUT2D eigenvalue weighted by atomic mass is 16.2. The summed E-state index contributed by atoms with van der Waals surface area (Å²) in [6.07, 6.45) is 1.04. The van der Waals surface area contributed by atoms with Crippen LogP contribution < -0.4 is 21.1 Å². The normalized spacial score (nSPS) is 23.5. The van der Waals surface area contributed by atoms with Gasteiger partial charge in [0.05, 0.1) is 11.5 Å². The predicted octanol–water partition coefficient (Wildman–Crippen LogP) is 2.63. The SMILES string of the molecule is Cc1cccc(NC(=O)C2CC(=O)Nc3nc(N4CC(C)CC(C)C4)[nH]c(=O)c32)c1. The number of aryl methyl sites for hydroxylation is 1. The van der Waals surface area contributed by atoms with Gasteiger partial charge in [0.1, 0.15) is 5.82 Å². The minimum Gasteiger partial charge on any atom is -0.342 e. The molecule has 0 aliphatic carbocycles. The van der Waals surface area contributed by atoms with Crippen LogP contribution in [0.25, 0.3) is 0 Å². The van der Waals surface area contributed by atoms with Crippen LogP contribution in [-0.4, -0.2) is 34.9 Å². The van der Waals surface area contributed by atoms with Gasteiger partial charge < -0.3 is 15.5 Å². The van der Waals surface area contributed by atoms with Crippen molar-refractivity contribution in [3.8, 4) is 0 Å². The van der Waals surface area contributed by atoms with Crippen LogP contribution in [0.5, 0.6) is 0 Å². The lowest BCUT2D eigenvalue weighted by molar-refractivity contribution is -0.123. The third-order valence-electron chi connectivity index (χ3n) is 5.71. The second kappa shape index (κ2) is 7.93. The summed E-state index contributed by atoms with van der Waals surface area (Å²) < 4.78 is 0. The van der Waals surface area contributed by atoms with Crippen LogP contribution in [0.2, 0.25) is 0 Å². The van der Waals surface area contributed by atoms with Gasteiger partial charge >= 0.3 is 0 Å². The van der Waals surface area contributed by atoms with E-state index >= 15 is 0 Å². The number of fused-ring (bicyclic) bond motifs is 1. The molecule has 1 saturated heterocycles. The fourth-order valence-electron chi connectivity index (χ4n) is 4.52. The summed E-state index contributed by atoms with van der Waals surface area (Å²) in [6, 6.07) is 7.39. The third-order valence-corrected chi connectivity index (χ3v) is 5.71. The lowest BCUT2D eigenvalue weighted by Crippen LogP contribution is -2.42. The Labute approximate surface area is 175 Å². The van der Waals surface area contributed by atoms with Crippen LogP contribution in [0.1, 0.15) is 43.7 Å². The van der Waals surface area contributed by atoms with E-state index < -0.39 is 11.8 Å². The number of benzene rings is 1. The molecule has 0 saturated carbocycles. The Bertz CT molecular complexity index is 1040. The molecule has 3 heterocycles. The lowest BCUT2D eigenvalue weighted by atomic mass is 9.91. The summed E-state index contributed by atoms with van der Waals surface area (Å²) in [5.41, 5.74) is 1.46. The number of aromatic nitrogens is 2. The second-order valence-corrected chi connectivity index (χ2v) is 8.67.